The number of para-hydroxylation sites is 1. The molecule has 1 N–H and O–H groups in total. The van der Waals surface area contributed by atoms with E-state index in [0.717, 1.165) is 41.9 Å². The number of halogens is 1. The second-order valence-corrected chi connectivity index (χ2v) is 10.3. The first-order valence-corrected chi connectivity index (χ1v) is 11.5. The molecule has 1 saturated carbocycles. The number of carbonyl (C=O) groups is 1. The van der Waals surface area contributed by atoms with Gasteiger partial charge in [-0.05, 0) is 69.4 Å². The lowest BCUT2D eigenvalue weighted by Crippen LogP contribution is -2.54. The van der Waals surface area contributed by atoms with Crippen LogP contribution in [0.3, 0.4) is 0 Å². The van der Waals surface area contributed by atoms with Crippen LogP contribution in [0.1, 0.15) is 62.9 Å². The average molecular weight is 437 g/mol. The molecule has 1 fully saturated rings. The third-order valence-electron chi connectivity index (χ3n) is 6.85. The number of H-pyrrole nitrogens is 1. The van der Waals surface area contributed by atoms with E-state index in [9.17, 15) is 4.79 Å². The zero-order valence-corrected chi connectivity index (χ0v) is 19.1. The predicted molar refractivity (Wildman–Crippen MR) is 125 cm³/mol. The van der Waals surface area contributed by atoms with E-state index in [0.29, 0.717) is 6.54 Å². The van der Waals surface area contributed by atoms with Gasteiger partial charge in [-0.25, -0.2) is 4.79 Å². The molecule has 0 radical (unpaired) electrons. The summed E-state index contributed by atoms with van der Waals surface area (Å²) in [5, 5.41) is 1.99. The summed E-state index contributed by atoms with van der Waals surface area (Å²) in [7, 11) is 0. The minimum atomic E-state index is -0.532. The Morgan fingerprint density at radius 1 is 1.13 bits per heavy atom. The maximum Gasteiger partial charge on any atom is 0.410 e. The average Bonchev–Trinajstić information content (AvgIpc) is 3.06. The van der Waals surface area contributed by atoms with Gasteiger partial charge in [-0.2, -0.15) is 0 Å². The number of amides is 1. The fourth-order valence-electron chi connectivity index (χ4n) is 5.39. The second kappa shape index (κ2) is 7.30. The van der Waals surface area contributed by atoms with Crippen molar-refractivity contribution < 1.29 is 9.53 Å². The Balaban J connectivity index is 1.67. The molecule has 1 unspecified atom stereocenters. The van der Waals surface area contributed by atoms with Gasteiger partial charge in [0.15, 0.2) is 0 Å². The van der Waals surface area contributed by atoms with Crippen molar-refractivity contribution in [2.24, 2.45) is 0 Å². The predicted octanol–water partition coefficient (Wildman–Crippen LogP) is 6.78. The molecule has 3 aromatic rings. The van der Waals surface area contributed by atoms with Crippen molar-refractivity contribution in [1.29, 1.82) is 0 Å². The number of aromatic amines is 1. The van der Waals surface area contributed by atoms with E-state index in [1.165, 1.54) is 16.5 Å². The van der Waals surface area contributed by atoms with Gasteiger partial charge in [-0.3, -0.25) is 4.90 Å². The summed E-state index contributed by atoms with van der Waals surface area (Å²) in [4.78, 5) is 19.1. The molecule has 1 aliphatic heterocycles. The first-order chi connectivity index (χ1) is 14.8. The number of ether oxygens (including phenoxy) is 1. The first kappa shape index (κ1) is 20.4. The number of fused-ring (bicyclic) bond motifs is 3. The van der Waals surface area contributed by atoms with Crippen molar-refractivity contribution in [2.45, 2.75) is 63.5 Å². The number of nitrogens with one attached hydrogen (secondary N) is 1. The molecule has 0 bridgehead atoms. The molecule has 2 heterocycles. The third kappa shape index (κ3) is 3.41. The fourth-order valence-corrected chi connectivity index (χ4v) is 5.52. The summed E-state index contributed by atoms with van der Waals surface area (Å²) in [6.07, 6.45) is 3.81. The fraction of sp³-hybridized carbons (Fsp3) is 0.423. The highest BCUT2D eigenvalue weighted by Crippen LogP contribution is 2.56. The Morgan fingerprint density at radius 3 is 2.48 bits per heavy atom. The van der Waals surface area contributed by atoms with Crippen molar-refractivity contribution in [3.8, 4) is 0 Å². The Kier molecular flexibility index (Phi) is 4.82. The van der Waals surface area contributed by atoms with Gasteiger partial charge >= 0.3 is 6.09 Å². The van der Waals surface area contributed by atoms with Crippen LogP contribution in [0.5, 0.6) is 0 Å². The Labute approximate surface area is 188 Å². The molecular weight excluding hydrogens is 408 g/mol. The smallest absolute Gasteiger partial charge is 0.410 e. The zero-order valence-electron chi connectivity index (χ0n) is 18.4. The number of nitrogens with zero attached hydrogens (tertiary/aromatic N) is 1. The van der Waals surface area contributed by atoms with Gasteiger partial charge in [0.2, 0.25) is 0 Å². The van der Waals surface area contributed by atoms with Crippen molar-refractivity contribution in [2.75, 3.05) is 6.54 Å². The standard InChI is InChI=1S/C26H29ClN2O2/c1-25(2,3)31-24(30)29-16-13-20-19-7-4-5-8-21(19)28-22(20)23(29)26(14-6-15-26)17-9-11-18(27)12-10-17/h4-5,7-12,23,28H,6,13-16H2,1-3H3. The monoisotopic (exact) mass is 436 g/mol. The van der Waals surface area contributed by atoms with E-state index < -0.39 is 5.60 Å². The number of rotatable bonds is 2. The highest BCUT2D eigenvalue weighted by atomic mass is 35.5. The summed E-state index contributed by atoms with van der Waals surface area (Å²) in [5.41, 5.74) is 4.20. The van der Waals surface area contributed by atoms with Crippen molar-refractivity contribution >= 4 is 28.6 Å². The number of hydrogen-bond donors (Lipinski definition) is 1. The molecule has 5 rings (SSSR count). The number of aromatic nitrogens is 1. The van der Waals surface area contributed by atoms with Crippen LogP contribution < -0.4 is 0 Å². The molecule has 2 aliphatic rings. The van der Waals surface area contributed by atoms with Crippen LogP contribution in [0.4, 0.5) is 4.79 Å². The van der Waals surface area contributed by atoms with Crippen LogP contribution in [0.15, 0.2) is 48.5 Å². The Hall–Kier alpha value is -2.46. The quantitative estimate of drug-likeness (QED) is 0.481. The van der Waals surface area contributed by atoms with Crippen LogP contribution in [0.25, 0.3) is 10.9 Å². The lowest BCUT2D eigenvalue weighted by Gasteiger charge is -2.53. The van der Waals surface area contributed by atoms with Crippen molar-refractivity contribution in [3.63, 3.8) is 0 Å². The van der Waals surface area contributed by atoms with E-state index >= 15 is 0 Å². The Morgan fingerprint density at radius 2 is 1.84 bits per heavy atom. The summed E-state index contributed by atoms with van der Waals surface area (Å²) in [6, 6.07) is 16.5. The van der Waals surface area contributed by atoms with Crippen LogP contribution in [-0.2, 0) is 16.6 Å². The largest absolute Gasteiger partial charge is 0.444 e. The number of benzene rings is 2. The van der Waals surface area contributed by atoms with E-state index in [4.69, 9.17) is 16.3 Å². The van der Waals surface area contributed by atoms with E-state index in [1.807, 2.05) is 37.8 Å². The molecule has 1 amide bonds. The van der Waals surface area contributed by atoms with Crippen LogP contribution in [0.2, 0.25) is 5.02 Å². The van der Waals surface area contributed by atoms with Crippen LogP contribution in [0, 0.1) is 0 Å². The molecule has 5 heteroatoms. The first-order valence-electron chi connectivity index (χ1n) is 11.1. The van der Waals surface area contributed by atoms with Gasteiger partial charge in [-0.1, -0.05) is 48.4 Å². The minimum absolute atomic E-state index is 0.0894. The minimum Gasteiger partial charge on any atom is -0.444 e. The van der Waals surface area contributed by atoms with Gasteiger partial charge < -0.3 is 9.72 Å². The van der Waals surface area contributed by atoms with Gasteiger partial charge in [0.1, 0.15) is 5.60 Å². The highest BCUT2D eigenvalue weighted by Gasteiger charge is 2.53. The molecule has 1 aromatic heterocycles. The highest BCUT2D eigenvalue weighted by molar-refractivity contribution is 6.30. The number of carbonyl (C=O) groups excluding carboxylic acids is 1. The molecule has 0 spiro atoms. The summed E-state index contributed by atoms with van der Waals surface area (Å²) >= 11 is 6.20. The molecule has 1 atom stereocenters. The molecule has 1 aliphatic carbocycles. The molecule has 0 saturated heterocycles. The molecule has 31 heavy (non-hydrogen) atoms. The maximum atomic E-state index is 13.4. The molecule has 162 valence electrons. The summed E-state index contributed by atoms with van der Waals surface area (Å²) < 4.78 is 5.87. The van der Waals surface area contributed by atoms with E-state index in [1.54, 1.807) is 0 Å². The van der Waals surface area contributed by atoms with Gasteiger partial charge in [0, 0.05) is 33.6 Å². The Bertz CT molecular complexity index is 1120. The third-order valence-corrected chi connectivity index (χ3v) is 7.10. The molecular formula is C26H29ClN2O2. The topological polar surface area (TPSA) is 45.3 Å². The van der Waals surface area contributed by atoms with Crippen molar-refractivity contribution in [1.82, 2.24) is 9.88 Å². The van der Waals surface area contributed by atoms with Gasteiger partial charge in [-0.15, -0.1) is 0 Å². The zero-order chi connectivity index (χ0) is 21.8. The lowest BCUT2D eigenvalue weighted by molar-refractivity contribution is -0.00889. The van der Waals surface area contributed by atoms with Crippen LogP contribution in [-0.4, -0.2) is 28.1 Å². The molecule has 4 nitrogen and oxygen atoms in total. The SMILES string of the molecule is CC(C)(C)OC(=O)N1CCc2c([nH]c3ccccc23)C1C1(c2ccc(Cl)cc2)CCC1. The summed E-state index contributed by atoms with van der Waals surface area (Å²) in [5.74, 6) is 0. The van der Waals surface area contributed by atoms with Crippen molar-refractivity contribution in [3.05, 3.63) is 70.4 Å². The van der Waals surface area contributed by atoms with E-state index in [2.05, 4.69) is 41.4 Å². The second-order valence-electron chi connectivity index (χ2n) is 9.91. The number of hydrogen-bond acceptors (Lipinski definition) is 2. The maximum absolute atomic E-state index is 13.4. The van der Waals surface area contributed by atoms with Gasteiger partial charge in [0.25, 0.3) is 0 Å². The summed E-state index contributed by atoms with van der Waals surface area (Å²) in [6.45, 7) is 6.44. The lowest BCUT2D eigenvalue weighted by atomic mass is 9.58. The normalized spacial score (nSPS) is 20.3. The van der Waals surface area contributed by atoms with E-state index in [-0.39, 0.29) is 17.6 Å². The van der Waals surface area contributed by atoms with Crippen LogP contribution >= 0.6 is 11.6 Å². The van der Waals surface area contributed by atoms with Gasteiger partial charge in [0.05, 0.1) is 6.04 Å². The molecule has 2 aromatic carbocycles.